The molecule has 0 saturated carbocycles. The molecule has 0 spiro atoms. The minimum Gasteiger partial charge on any atom is -0.382 e. The van der Waals surface area contributed by atoms with Crippen LogP contribution in [0, 0.1) is 18.8 Å². The Labute approximate surface area is 176 Å². The van der Waals surface area contributed by atoms with Crippen molar-refractivity contribution >= 4 is 22.8 Å². The van der Waals surface area contributed by atoms with E-state index >= 15 is 0 Å². The van der Waals surface area contributed by atoms with E-state index in [9.17, 15) is 9.90 Å². The smallest absolute Gasteiger partial charge is 0.266 e. The van der Waals surface area contributed by atoms with Crippen molar-refractivity contribution in [2.75, 3.05) is 19.3 Å². The Morgan fingerprint density at radius 1 is 1.23 bits per heavy atom. The summed E-state index contributed by atoms with van der Waals surface area (Å²) in [6, 6.07) is 9.40. The molecule has 0 radical (unpaired) electrons. The number of nitrogen functional groups attached to an aromatic ring is 1. The molecular formula is C23H25N5O2. The van der Waals surface area contributed by atoms with E-state index in [0.717, 1.165) is 16.8 Å². The molecular weight excluding hydrogens is 378 g/mol. The molecule has 0 aliphatic carbocycles. The van der Waals surface area contributed by atoms with Gasteiger partial charge in [0, 0.05) is 24.7 Å². The van der Waals surface area contributed by atoms with Gasteiger partial charge in [-0.15, -0.1) is 0 Å². The van der Waals surface area contributed by atoms with Gasteiger partial charge in [-0.2, -0.15) is 0 Å². The van der Waals surface area contributed by atoms with Crippen LogP contribution in [0.2, 0.25) is 0 Å². The lowest BCUT2D eigenvalue weighted by Crippen LogP contribution is -2.46. The first-order chi connectivity index (χ1) is 14.3. The molecule has 30 heavy (non-hydrogen) atoms. The van der Waals surface area contributed by atoms with E-state index < -0.39 is 11.5 Å². The van der Waals surface area contributed by atoms with Crippen LogP contribution in [0.15, 0.2) is 36.7 Å². The largest absolute Gasteiger partial charge is 0.382 e. The van der Waals surface area contributed by atoms with Crippen molar-refractivity contribution in [3.8, 4) is 23.1 Å². The van der Waals surface area contributed by atoms with Crippen LogP contribution in [-0.4, -0.2) is 50.1 Å². The number of benzene rings is 1. The fraction of sp³-hybridized carbons (Fsp3) is 0.304. The third kappa shape index (κ3) is 4.09. The molecule has 1 atom stereocenters. The van der Waals surface area contributed by atoms with Crippen molar-refractivity contribution in [3.63, 3.8) is 0 Å². The van der Waals surface area contributed by atoms with Crippen LogP contribution >= 0.6 is 0 Å². The van der Waals surface area contributed by atoms with Gasteiger partial charge in [-0.1, -0.05) is 24.8 Å². The number of carbonyl (C=O) groups is 1. The third-order valence-corrected chi connectivity index (χ3v) is 5.12. The standard InChI is InChI=1S/C23H25N5O2/c1-5-23(30,22(29)28(4)6-2)12-11-16-8-7-15(3)17(13-16)18-9-10-19-20(27-18)21(24)26-14-25-19/h7-10,13-14,30H,5-6H2,1-4H3,(H2,24,25,26). The summed E-state index contributed by atoms with van der Waals surface area (Å²) < 4.78 is 0. The predicted octanol–water partition coefficient (Wildman–Crippen LogP) is 2.55. The number of likely N-dealkylation sites (N-methyl/N-ethyl adjacent to an activating group) is 1. The second-order valence-electron chi connectivity index (χ2n) is 7.14. The monoisotopic (exact) mass is 403 g/mol. The molecule has 2 heterocycles. The maximum atomic E-state index is 12.5. The number of hydrogen-bond donors (Lipinski definition) is 2. The molecule has 7 heteroatoms. The molecule has 1 unspecified atom stereocenters. The van der Waals surface area contributed by atoms with E-state index in [-0.39, 0.29) is 6.42 Å². The van der Waals surface area contributed by atoms with E-state index in [1.54, 1.807) is 14.0 Å². The maximum Gasteiger partial charge on any atom is 0.266 e. The number of fused-ring (bicyclic) bond motifs is 1. The maximum absolute atomic E-state index is 12.5. The summed E-state index contributed by atoms with van der Waals surface area (Å²) in [5.74, 6) is 5.64. The predicted molar refractivity (Wildman–Crippen MR) is 117 cm³/mol. The lowest BCUT2D eigenvalue weighted by Gasteiger charge is -2.25. The average molecular weight is 403 g/mol. The van der Waals surface area contributed by atoms with Crippen molar-refractivity contribution in [2.45, 2.75) is 32.8 Å². The minimum atomic E-state index is -1.72. The number of amides is 1. The summed E-state index contributed by atoms with van der Waals surface area (Å²) in [7, 11) is 1.65. The molecule has 7 nitrogen and oxygen atoms in total. The Hall–Kier alpha value is -3.50. The highest BCUT2D eigenvalue weighted by Gasteiger charge is 2.34. The van der Waals surface area contributed by atoms with E-state index in [4.69, 9.17) is 5.73 Å². The lowest BCUT2D eigenvalue weighted by atomic mass is 9.97. The van der Waals surface area contributed by atoms with Gasteiger partial charge in [-0.25, -0.2) is 15.0 Å². The van der Waals surface area contributed by atoms with E-state index in [1.807, 2.05) is 44.2 Å². The molecule has 0 fully saturated rings. The molecule has 154 valence electrons. The number of carbonyl (C=O) groups excluding carboxylic acids is 1. The number of aliphatic hydroxyl groups is 1. The summed E-state index contributed by atoms with van der Waals surface area (Å²) >= 11 is 0. The molecule has 0 bridgehead atoms. The zero-order chi connectivity index (χ0) is 21.9. The molecule has 2 aromatic heterocycles. The van der Waals surface area contributed by atoms with Crippen LogP contribution in [-0.2, 0) is 4.79 Å². The number of pyridine rings is 1. The van der Waals surface area contributed by atoms with Gasteiger partial charge in [0.25, 0.3) is 5.91 Å². The molecule has 1 aromatic carbocycles. The quantitative estimate of drug-likeness (QED) is 0.649. The van der Waals surface area contributed by atoms with E-state index in [1.165, 1.54) is 11.2 Å². The molecule has 3 rings (SSSR count). The Morgan fingerprint density at radius 2 is 2.00 bits per heavy atom. The molecule has 3 N–H and O–H groups in total. The number of nitrogens with zero attached hydrogens (tertiary/aromatic N) is 4. The van der Waals surface area contributed by atoms with Gasteiger partial charge in [0.15, 0.2) is 5.82 Å². The van der Waals surface area contributed by atoms with Crippen LogP contribution in [0.5, 0.6) is 0 Å². The number of anilines is 1. The van der Waals surface area contributed by atoms with Crippen LogP contribution in [0.4, 0.5) is 5.82 Å². The normalized spacial score (nSPS) is 12.7. The summed E-state index contributed by atoms with van der Waals surface area (Å²) in [5.41, 5.74) is 8.72. The van der Waals surface area contributed by atoms with Gasteiger partial charge in [0.1, 0.15) is 11.8 Å². The fourth-order valence-electron chi connectivity index (χ4n) is 3.01. The van der Waals surface area contributed by atoms with Crippen molar-refractivity contribution in [2.24, 2.45) is 0 Å². The van der Waals surface area contributed by atoms with Crippen molar-refractivity contribution in [1.29, 1.82) is 0 Å². The van der Waals surface area contributed by atoms with Gasteiger partial charge in [-0.05, 0) is 50.1 Å². The first-order valence-electron chi connectivity index (χ1n) is 9.78. The average Bonchev–Trinajstić information content (AvgIpc) is 2.77. The molecule has 0 saturated heterocycles. The lowest BCUT2D eigenvalue weighted by molar-refractivity contribution is -0.144. The summed E-state index contributed by atoms with van der Waals surface area (Å²) in [4.78, 5) is 26.8. The first kappa shape index (κ1) is 21.2. The number of nitrogens with two attached hydrogens (primary N) is 1. The van der Waals surface area contributed by atoms with Crippen molar-refractivity contribution in [1.82, 2.24) is 19.9 Å². The third-order valence-electron chi connectivity index (χ3n) is 5.12. The Balaban J connectivity index is 2.02. The van der Waals surface area contributed by atoms with Gasteiger partial charge in [-0.3, -0.25) is 4.79 Å². The second kappa shape index (κ2) is 8.47. The second-order valence-corrected chi connectivity index (χ2v) is 7.14. The highest BCUT2D eigenvalue weighted by Crippen LogP contribution is 2.26. The zero-order valence-electron chi connectivity index (χ0n) is 17.6. The minimum absolute atomic E-state index is 0.202. The Kier molecular flexibility index (Phi) is 5.99. The topological polar surface area (TPSA) is 105 Å². The zero-order valence-corrected chi connectivity index (χ0v) is 17.6. The number of aromatic nitrogens is 3. The highest BCUT2D eigenvalue weighted by molar-refractivity contribution is 5.88. The Morgan fingerprint density at radius 3 is 2.70 bits per heavy atom. The van der Waals surface area contributed by atoms with Crippen molar-refractivity contribution < 1.29 is 9.90 Å². The first-order valence-corrected chi connectivity index (χ1v) is 9.78. The van der Waals surface area contributed by atoms with Crippen molar-refractivity contribution in [3.05, 3.63) is 47.8 Å². The summed E-state index contributed by atoms with van der Waals surface area (Å²) in [5, 5.41) is 10.7. The number of aryl methyl sites for hydroxylation is 1. The van der Waals surface area contributed by atoms with Crippen LogP contribution in [0.1, 0.15) is 31.4 Å². The van der Waals surface area contributed by atoms with Crippen LogP contribution < -0.4 is 5.73 Å². The summed E-state index contributed by atoms with van der Waals surface area (Å²) in [6.07, 6.45) is 1.61. The SMILES string of the molecule is CCN(C)C(=O)C(O)(C#Cc1ccc(C)c(-c2ccc3ncnc(N)c3n2)c1)CC. The highest BCUT2D eigenvalue weighted by atomic mass is 16.3. The number of rotatable bonds is 4. The van der Waals surface area contributed by atoms with Crippen LogP contribution in [0.3, 0.4) is 0 Å². The van der Waals surface area contributed by atoms with Gasteiger partial charge < -0.3 is 15.7 Å². The van der Waals surface area contributed by atoms with Gasteiger partial charge in [0.05, 0.1) is 11.2 Å². The molecule has 3 aromatic rings. The van der Waals surface area contributed by atoms with Gasteiger partial charge >= 0.3 is 0 Å². The van der Waals surface area contributed by atoms with E-state index in [2.05, 4.69) is 26.8 Å². The summed E-state index contributed by atoms with van der Waals surface area (Å²) in [6.45, 7) is 6.06. The van der Waals surface area contributed by atoms with E-state index in [0.29, 0.717) is 29.0 Å². The molecule has 1 amide bonds. The number of hydrogen-bond acceptors (Lipinski definition) is 6. The molecule has 0 aliphatic heterocycles. The fourth-order valence-corrected chi connectivity index (χ4v) is 3.01. The van der Waals surface area contributed by atoms with Crippen LogP contribution in [0.25, 0.3) is 22.3 Å². The molecule has 0 aliphatic rings. The Bertz CT molecular complexity index is 1170. The van der Waals surface area contributed by atoms with Gasteiger partial charge in [0.2, 0.25) is 5.60 Å².